The number of hydrogen-bond acceptors (Lipinski definition) is 3. The third-order valence-electron chi connectivity index (χ3n) is 3.86. The van der Waals surface area contributed by atoms with Crippen LogP contribution in [0.4, 0.5) is 4.79 Å². The number of alkyl halides is 1. The Morgan fingerprint density at radius 2 is 2.29 bits per heavy atom. The van der Waals surface area contributed by atoms with Crippen molar-refractivity contribution in [3.63, 3.8) is 0 Å². The maximum absolute atomic E-state index is 11.7. The highest BCUT2D eigenvalue weighted by Gasteiger charge is 2.31. The number of rotatable bonds is 4. The van der Waals surface area contributed by atoms with Gasteiger partial charge in [0.25, 0.3) is 0 Å². The topological polar surface area (TPSA) is 61.4 Å². The number of urea groups is 1. The molecule has 0 spiro atoms. The van der Waals surface area contributed by atoms with E-state index in [1.54, 1.807) is 0 Å². The number of likely N-dealkylation sites (N-methyl/N-ethyl adjacent to an activating group) is 1. The van der Waals surface area contributed by atoms with E-state index in [1.165, 1.54) is 7.05 Å². The summed E-state index contributed by atoms with van der Waals surface area (Å²) in [5.74, 6) is -0.172. The van der Waals surface area contributed by atoms with E-state index in [0.717, 1.165) is 16.0 Å². The van der Waals surface area contributed by atoms with E-state index in [4.69, 9.17) is 11.6 Å². The van der Waals surface area contributed by atoms with Gasteiger partial charge in [-0.2, -0.15) is 0 Å². The van der Waals surface area contributed by atoms with Gasteiger partial charge in [0.2, 0.25) is 5.91 Å². The molecule has 114 valence electrons. The molecule has 0 aromatic rings. The normalized spacial score (nSPS) is 29.2. The molecule has 1 fully saturated rings. The van der Waals surface area contributed by atoms with Gasteiger partial charge < -0.3 is 10.6 Å². The second kappa shape index (κ2) is 6.45. The van der Waals surface area contributed by atoms with Crippen LogP contribution in [0, 0.1) is 0 Å². The highest BCUT2D eigenvalue weighted by Crippen LogP contribution is 2.27. The predicted octanol–water partition coefficient (Wildman–Crippen LogP) is 1.56. The number of nitrogens with zero attached hydrogens (tertiary/aromatic N) is 1. The number of hydrogen-bond donors (Lipinski definition) is 2. The molecular weight excluding hydrogens is 290 g/mol. The minimum atomic E-state index is -0.359. The fraction of sp³-hybridized carbons (Fsp3) is 0.467. The highest BCUT2D eigenvalue weighted by molar-refractivity contribution is 6.22. The van der Waals surface area contributed by atoms with Crippen molar-refractivity contribution in [3.05, 3.63) is 36.0 Å². The maximum atomic E-state index is 11.7. The van der Waals surface area contributed by atoms with Crippen LogP contribution in [-0.2, 0) is 4.79 Å². The SMILES string of the molecule is C=C(CC1CC(=O)N(C)C(=O)N1)C1=CC=CC(Cl)C1NC. The van der Waals surface area contributed by atoms with Crippen LogP contribution in [0.25, 0.3) is 0 Å². The lowest BCUT2D eigenvalue weighted by atomic mass is 9.88. The number of nitrogens with one attached hydrogen (secondary N) is 2. The molecule has 1 aliphatic carbocycles. The number of amides is 3. The zero-order chi connectivity index (χ0) is 15.6. The molecule has 2 aliphatic rings. The molecule has 2 N–H and O–H groups in total. The molecule has 5 nitrogen and oxygen atoms in total. The molecule has 0 aromatic heterocycles. The van der Waals surface area contributed by atoms with Gasteiger partial charge in [0.05, 0.1) is 11.4 Å². The smallest absolute Gasteiger partial charge is 0.324 e. The van der Waals surface area contributed by atoms with Gasteiger partial charge in [0, 0.05) is 19.5 Å². The fourth-order valence-electron chi connectivity index (χ4n) is 2.63. The molecule has 21 heavy (non-hydrogen) atoms. The summed E-state index contributed by atoms with van der Waals surface area (Å²) in [5, 5.41) is 5.85. The first-order valence-corrected chi connectivity index (χ1v) is 7.32. The summed E-state index contributed by atoms with van der Waals surface area (Å²) in [4.78, 5) is 24.5. The van der Waals surface area contributed by atoms with Crippen LogP contribution < -0.4 is 10.6 Å². The maximum Gasteiger partial charge on any atom is 0.324 e. The lowest BCUT2D eigenvalue weighted by Crippen LogP contribution is -2.53. The lowest BCUT2D eigenvalue weighted by Gasteiger charge is -2.31. The molecule has 0 aromatic carbocycles. The van der Waals surface area contributed by atoms with Gasteiger partial charge in [-0.3, -0.25) is 9.69 Å². The first-order valence-electron chi connectivity index (χ1n) is 6.89. The first-order chi connectivity index (χ1) is 9.93. The Bertz CT molecular complexity index is 509. The average molecular weight is 310 g/mol. The number of allylic oxidation sites excluding steroid dienone is 2. The van der Waals surface area contributed by atoms with E-state index >= 15 is 0 Å². The standard InChI is InChI=1S/C15H20ClN3O2/c1-9(11-5-4-6-12(16)14(11)17-2)7-10-8-13(20)19(3)15(21)18-10/h4-6,10,12,14,17H,1,7-8H2,2-3H3,(H,18,21). The summed E-state index contributed by atoms with van der Waals surface area (Å²) in [6.45, 7) is 4.10. The van der Waals surface area contributed by atoms with E-state index in [2.05, 4.69) is 17.2 Å². The Morgan fingerprint density at radius 3 is 2.90 bits per heavy atom. The third-order valence-corrected chi connectivity index (χ3v) is 4.26. The van der Waals surface area contributed by atoms with Crippen molar-refractivity contribution in [2.75, 3.05) is 14.1 Å². The van der Waals surface area contributed by atoms with Gasteiger partial charge in [0.15, 0.2) is 0 Å². The quantitative estimate of drug-likeness (QED) is 0.775. The molecule has 2 rings (SSSR count). The lowest BCUT2D eigenvalue weighted by molar-refractivity contribution is -0.129. The van der Waals surface area contributed by atoms with E-state index < -0.39 is 0 Å². The van der Waals surface area contributed by atoms with Crippen LogP contribution in [0.15, 0.2) is 36.0 Å². The Kier molecular flexibility index (Phi) is 4.85. The van der Waals surface area contributed by atoms with Crippen LogP contribution in [0.3, 0.4) is 0 Å². The summed E-state index contributed by atoms with van der Waals surface area (Å²) >= 11 is 6.27. The van der Waals surface area contributed by atoms with Crippen LogP contribution in [0.2, 0.25) is 0 Å². The Labute approximate surface area is 129 Å². The summed E-state index contributed by atoms with van der Waals surface area (Å²) in [7, 11) is 3.33. The van der Waals surface area contributed by atoms with E-state index in [1.807, 2.05) is 25.3 Å². The second-order valence-electron chi connectivity index (χ2n) is 5.33. The summed E-state index contributed by atoms with van der Waals surface area (Å²) in [6.07, 6.45) is 6.62. The summed E-state index contributed by atoms with van der Waals surface area (Å²) < 4.78 is 0. The van der Waals surface area contributed by atoms with Gasteiger partial charge in [-0.15, -0.1) is 11.6 Å². The molecule has 3 unspecified atom stereocenters. The van der Waals surface area contributed by atoms with E-state index in [9.17, 15) is 9.59 Å². The van der Waals surface area contributed by atoms with Crippen molar-refractivity contribution >= 4 is 23.5 Å². The minimum Gasteiger partial charge on any atom is -0.334 e. The fourth-order valence-corrected chi connectivity index (χ4v) is 2.97. The Hall–Kier alpha value is -1.59. The molecule has 3 amide bonds. The van der Waals surface area contributed by atoms with Crippen molar-refractivity contribution in [2.45, 2.75) is 30.3 Å². The van der Waals surface area contributed by atoms with Gasteiger partial charge in [-0.05, 0) is 24.6 Å². The first kappa shape index (κ1) is 15.8. The molecule has 6 heteroatoms. The summed E-state index contributed by atoms with van der Waals surface area (Å²) in [5.41, 5.74) is 1.90. The van der Waals surface area contributed by atoms with Gasteiger partial charge in [0.1, 0.15) is 0 Å². The Balaban J connectivity index is 2.05. The van der Waals surface area contributed by atoms with Gasteiger partial charge in [-0.1, -0.05) is 24.8 Å². The third kappa shape index (κ3) is 3.36. The largest absolute Gasteiger partial charge is 0.334 e. The second-order valence-corrected chi connectivity index (χ2v) is 5.83. The van der Waals surface area contributed by atoms with Crippen molar-refractivity contribution in [1.29, 1.82) is 0 Å². The van der Waals surface area contributed by atoms with Crippen LogP contribution in [-0.4, -0.2) is 48.4 Å². The number of halogens is 1. The molecule has 0 bridgehead atoms. The molecule has 0 radical (unpaired) electrons. The average Bonchev–Trinajstić information content (AvgIpc) is 2.44. The van der Waals surface area contributed by atoms with E-state index in [0.29, 0.717) is 12.8 Å². The molecule has 1 saturated heterocycles. The number of carbonyl (C=O) groups excluding carboxylic acids is 2. The van der Waals surface area contributed by atoms with Crippen molar-refractivity contribution in [1.82, 2.24) is 15.5 Å². The number of imide groups is 1. The van der Waals surface area contributed by atoms with Crippen LogP contribution in [0.1, 0.15) is 12.8 Å². The molecule has 3 atom stereocenters. The van der Waals surface area contributed by atoms with Crippen molar-refractivity contribution in [3.8, 4) is 0 Å². The van der Waals surface area contributed by atoms with Crippen molar-refractivity contribution in [2.24, 2.45) is 0 Å². The molecule has 1 heterocycles. The zero-order valence-corrected chi connectivity index (χ0v) is 13.0. The Morgan fingerprint density at radius 1 is 1.57 bits per heavy atom. The molecular formula is C15H20ClN3O2. The van der Waals surface area contributed by atoms with Gasteiger partial charge in [-0.25, -0.2) is 4.79 Å². The predicted molar refractivity (Wildman–Crippen MR) is 83.2 cm³/mol. The highest BCUT2D eigenvalue weighted by atomic mass is 35.5. The monoisotopic (exact) mass is 309 g/mol. The minimum absolute atomic E-state index is 0.0122. The zero-order valence-electron chi connectivity index (χ0n) is 12.2. The van der Waals surface area contributed by atoms with Crippen molar-refractivity contribution < 1.29 is 9.59 Å². The van der Waals surface area contributed by atoms with Crippen LogP contribution >= 0.6 is 11.6 Å². The molecule has 0 saturated carbocycles. The molecule has 1 aliphatic heterocycles. The summed E-state index contributed by atoms with van der Waals surface area (Å²) in [6, 6.07) is -0.587. The number of carbonyl (C=O) groups is 2. The van der Waals surface area contributed by atoms with Gasteiger partial charge >= 0.3 is 6.03 Å². The van der Waals surface area contributed by atoms with E-state index in [-0.39, 0.29) is 29.4 Å². The van der Waals surface area contributed by atoms with Crippen LogP contribution in [0.5, 0.6) is 0 Å².